The van der Waals surface area contributed by atoms with Gasteiger partial charge in [-0.1, -0.05) is 42.5 Å². The largest absolute Gasteiger partial charge is 0.481 e. The van der Waals surface area contributed by atoms with E-state index in [4.69, 9.17) is 5.73 Å². The van der Waals surface area contributed by atoms with Crippen molar-refractivity contribution in [3.05, 3.63) is 59.8 Å². The number of rotatable bonds is 6. The van der Waals surface area contributed by atoms with Gasteiger partial charge in [0.05, 0.1) is 5.92 Å². The second-order valence-corrected chi connectivity index (χ2v) is 6.14. The number of aryl methyl sites for hydroxylation is 1. The van der Waals surface area contributed by atoms with Crippen LogP contribution in [-0.2, 0) is 11.2 Å². The number of nitrogens with one attached hydrogen (secondary N) is 1. The predicted molar refractivity (Wildman–Crippen MR) is 97.0 cm³/mol. The summed E-state index contributed by atoms with van der Waals surface area (Å²) in [5, 5.41) is 10.6. The maximum absolute atomic E-state index is 11.6. The van der Waals surface area contributed by atoms with Crippen molar-refractivity contribution in [3.63, 3.8) is 0 Å². The smallest absolute Gasteiger partial charge is 0.306 e. The summed E-state index contributed by atoms with van der Waals surface area (Å²) in [6.45, 7) is 2.38. The zero-order valence-corrected chi connectivity index (χ0v) is 13.8. The fourth-order valence-electron chi connectivity index (χ4n) is 3.32. The van der Waals surface area contributed by atoms with E-state index >= 15 is 0 Å². The van der Waals surface area contributed by atoms with E-state index in [2.05, 4.69) is 23.2 Å². The Labute approximate surface area is 141 Å². The molecule has 0 radical (unpaired) electrons. The van der Waals surface area contributed by atoms with Gasteiger partial charge in [0.2, 0.25) is 0 Å². The van der Waals surface area contributed by atoms with Gasteiger partial charge in [-0.3, -0.25) is 4.79 Å². The molecule has 0 saturated carbocycles. The zero-order chi connectivity index (χ0) is 17.1. The normalized spacial score (nSPS) is 12.4. The van der Waals surface area contributed by atoms with Crippen LogP contribution < -0.4 is 5.73 Å². The summed E-state index contributed by atoms with van der Waals surface area (Å²) in [5.74, 6) is -1.25. The summed E-state index contributed by atoms with van der Waals surface area (Å²) >= 11 is 0. The molecule has 3 aromatic rings. The maximum Gasteiger partial charge on any atom is 0.306 e. The van der Waals surface area contributed by atoms with Crippen molar-refractivity contribution in [2.75, 3.05) is 6.54 Å². The highest BCUT2D eigenvalue weighted by Crippen LogP contribution is 2.34. The number of aromatic nitrogens is 1. The molecule has 1 unspecified atom stereocenters. The van der Waals surface area contributed by atoms with Crippen LogP contribution >= 0.6 is 0 Å². The van der Waals surface area contributed by atoms with Gasteiger partial charge in [0.25, 0.3) is 0 Å². The molecule has 4 nitrogen and oxygen atoms in total. The summed E-state index contributed by atoms with van der Waals surface area (Å²) in [6.07, 6.45) is 0.969. The van der Waals surface area contributed by atoms with E-state index in [9.17, 15) is 9.90 Å². The topological polar surface area (TPSA) is 79.1 Å². The van der Waals surface area contributed by atoms with E-state index in [1.165, 1.54) is 0 Å². The second-order valence-electron chi connectivity index (χ2n) is 6.14. The van der Waals surface area contributed by atoms with Crippen LogP contribution in [0.3, 0.4) is 0 Å². The summed E-state index contributed by atoms with van der Waals surface area (Å²) in [5.41, 5.74) is 11.0. The van der Waals surface area contributed by atoms with Crippen LogP contribution in [0.1, 0.15) is 17.7 Å². The molecule has 0 aliphatic rings. The van der Waals surface area contributed by atoms with Gasteiger partial charge in [0.1, 0.15) is 0 Å². The SMILES string of the molecule is Cc1[nH]c2cccc(-c3ccccc3)c2c1CC(CCN)C(=O)O. The molecule has 1 aromatic heterocycles. The minimum Gasteiger partial charge on any atom is -0.481 e. The number of benzene rings is 2. The van der Waals surface area contributed by atoms with Gasteiger partial charge in [0.15, 0.2) is 0 Å². The van der Waals surface area contributed by atoms with Crippen molar-refractivity contribution in [1.82, 2.24) is 4.98 Å². The molecule has 4 heteroatoms. The van der Waals surface area contributed by atoms with Gasteiger partial charge in [-0.2, -0.15) is 0 Å². The standard InChI is InChI=1S/C20H22N2O2/c1-13-17(12-15(10-11-21)20(23)24)19-16(8-5-9-18(19)22-13)14-6-3-2-4-7-14/h2-9,15,22H,10-12,21H2,1H3,(H,23,24). The molecular formula is C20H22N2O2. The molecule has 0 aliphatic carbocycles. The third-order valence-corrected chi connectivity index (χ3v) is 4.54. The Morgan fingerprint density at radius 2 is 1.92 bits per heavy atom. The molecule has 0 bridgehead atoms. The Kier molecular flexibility index (Phi) is 4.67. The molecule has 0 saturated heterocycles. The maximum atomic E-state index is 11.6. The number of carbonyl (C=O) groups is 1. The summed E-state index contributed by atoms with van der Waals surface area (Å²) in [4.78, 5) is 15.0. The fraction of sp³-hybridized carbons (Fsp3) is 0.250. The molecule has 3 rings (SSSR count). The quantitative estimate of drug-likeness (QED) is 0.647. The van der Waals surface area contributed by atoms with Gasteiger partial charge in [-0.05, 0) is 49.1 Å². The monoisotopic (exact) mass is 322 g/mol. The molecule has 1 atom stereocenters. The Balaban J connectivity index is 2.14. The van der Waals surface area contributed by atoms with Crippen LogP contribution in [-0.4, -0.2) is 22.6 Å². The lowest BCUT2D eigenvalue weighted by Crippen LogP contribution is -2.20. The number of carboxylic acid groups (broad SMARTS) is 1. The molecule has 2 aromatic carbocycles. The Hall–Kier alpha value is -2.59. The Morgan fingerprint density at radius 1 is 1.17 bits per heavy atom. The minimum atomic E-state index is -0.786. The molecule has 124 valence electrons. The lowest BCUT2D eigenvalue weighted by atomic mass is 9.91. The fourth-order valence-corrected chi connectivity index (χ4v) is 3.32. The average Bonchev–Trinajstić information content (AvgIpc) is 2.90. The van der Waals surface area contributed by atoms with E-state index in [-0.39, 0.29) is 0 Å². The van der Waals surface area contributed by atoms with E-state index in [0.717, 1.165) is 33.3 Å². The highest BCUT2D eigenvalue weighted by Gasteiger charge is 2.22. The summed E-state index contributed by atoms with van der Waals surface area (Å²) in [6, 6.07) is 16.3. The van der Waals surface area contributed by atoms with Gasteiger partial charge in [-0.25, -0.2) is 0 Å². The van der Waals surface area contributed by atoms with Gasteiger partial charge in [0, 0.05) is 16.6 Å². The van der Waals surface area contributed by atoms with Gasteiger partial charge in [-0.15, -0.1) is 0 Å². The summed E-state index contributed by atoms with van der Waals surface area (Å²) < 4.78 is 0. The third kappa shape index (κ3) is 3.05. The van der Waals surface area contributed by atoms with Crippen LogP contribution in [0.25, 0.3) is 22.0 Å². The predicted octanol–water partition coefficient (Wildman–Crippen LogP) is 3.74. The highest BCUT2D eigenvalue weighted by molar-refractivity contribution is 5.98. The number of aliphatic carboxylic acids is 1. The van der Waals surface area contributed by atoms with E-state index < -0.39 is 11.9 Å². The van der Waals surface area contributed by atoms with Crippen molar-refractivity contribution in [3.8, 4) is 11.1 Å². The number of hydrogen-bond donors (Lipinski definition) is 3. The molecular weight excluding hydrogens is 300 g/mol. The second kappa shape index (κ2) is 6.89. The first-order valence-corrected chi connectivity index (χ1v) is 8.20. The molecule has 0 aliphatic heterocycles. The van der Waals surface area contributed by atoms with Crippen LogP contribution in [0, 0.1) is 12.8 Å². The molecule has 4 N–H and O–H groups in total. The van der Waals surface area contributed by atoms with Gasteiger partial charge >= 0.3 is 5.97 Å². The first kappa shape index (κ1) is 16.3. The first-order valence-electron chi connectivity index (χ1n) is 8.20. The van der Waals surface area contributed by atoms with Crippen LogP contribution in [0.2, 0.25) is 0 Å². The van der Waals surface area contributed by atoms with Crippen molar-refractivity contribution in [2.24, 2.45) is 11.7 Å². The number of carboxylic acids is 1. The van der Waals surface area contributed by atoms with Crippen molar-refractivity contribution < 1.29 is 9.90 Å². The van der Waals surface area contributed by atoms with Crippen LogP contribution in [0.5, 0.6) is 0 Å². The first-order chi connectivity index (χ1) is 11.6. The molecule has 1 heterocycles. The lowest BCUT2D eigenvalue weighted by molar-refractivity contribution is -0.141. The van der Waals surface area contributed by atoms with E-state index in [1.54, 1.807) is 0 Å². The van der Waals surface area contributed by atoms with E-state index in [1.807, 2.05) is 37.3 Å². The number of hydrogen-bond acceptors (Lipinski definition) is 2. The van der Waals surface area contributed by atoms with Crippen molar-refractivity contribution >= 4 is 16.9 Å². The Bertz CT molecular complexity index is 853. The molecule has 0 amide bonds. The molecule has 24 heavy (non-hydrogen) atoms. The van der Waals surface area contributed by atoms with Crippen LogP contribution in [0.15, 0.2) is 48.5 Å². The minimum absolute atomic E-state index is 0.379. The number of aromatic amines is 1. The van der Waals surface area contributed by atoms with Gasteiger partial charge < -0.3 is 15.8 Å². The zero-order valence-electron chi connectivity index (χ0n) is 13.8. The van der Waals surface area contributed by atoms with Crippen LogP contribution in [0.4, 0.5) is 0 Å². The number of H-pyrrole nitrogens is 1. The lowest BCUT2D eigenvalue weighted by Gasteiger charge is -2.13. The highest BCUT2D eigenvalue weighted by atomic mass is 16.4. The van der Waals surface area contributed by atoms with Crippen molar-refractivity contribution in [1.29, 1.82) is 0 Å². The number of nitrogens with two attached hydrogens (primary N) is 1. The average molecular weight is 322 g/mol. The molecule has 0 fully saturated rings. The van der Waals surface area contributed by atoms with Crippen molar-refractivity contribution in [2.45, 2.75) is 19.8 Å². The Morgan fingerprint density at radius 3 is 2.58 bits per heavy atom. The summed E-state index contributed by atoms with van der Waals surface area (Å²) in [7, 11) is 0. The van der Waals surface area contributed by atoms with E-state index in [0.29, 0.717) is 19.4 Å². The third-order valence-electron chi connectivity index (χ3n) is 4.54. The number of fused-ring (bicyclic) bond motifs is 1. The molecule has 0 spiro atoms.